The van der Waals surface area contributed by atoms with Crippen LogP contribution in [0.2, 0.25) is 0 Å². The third-order valence-electron chi connectivity index (χ3n) is 2.43. The summed E-state index contributed by atoms with van der Waals surface area (Å²) in [5.41, 5.74) is 0.386. The van der Waals surface area contributed by atoms with Crippen LogP contribution in [0.15, 0.2) is 12.6 Å². The van der Waals surface area contributed by atoms with Gasteiger partial charge in [0.15, 0.2) is 11.5 Å². The Bertz CT molecular complexity index is 620. The Labute approximate surface area is 125 Å². The molecule has 21 heavy (non-hydrogen) atoms. The van der Waals surface area contributed by atoms with Crippen LogP contribution >= 0.6 is 0 Å². The molecule has 1 aromatic carbocycles. The molecule has 1 rings (SSSR count). The predicted molar refractivity (Wildman–Crippen MR) is 80.0 cm³/mol. The van der Waals surface area contributed by atoms with Crippen molar-refractivity contribution in [3.63, 3.8) is 0 Å². The third-order valence-corrected chi connectivity index (χ3v) is 3.38. The maximum atomic E-state index is 11.3. The SMILES string of the molecule is C=Cc1cc(OC(C)=O)c([SiH3])c(OC(C)=O)c1OC(C)=O. The number of carbonyl (C=O) groups is 3. The highest BCUT2D eigenvalue weighted by Gasteiger charge is 2.21. The van der Waals surface area contributed by atoms with E-state index in [2.05, 4.69) is 6.58 Å². The molecule has 0 saturated carbocycles. The summed E-state index contributed by atoms with van der Waals surface area (Å²) in [5, 5.41) is 0.502. The normalized spacial score (nSPS) is 9.86. The maximum absolute atomic E-state index is 11.3. The molecule has 0 unspecified atom stereocenters. The first-order valence-electron chi connectivity index (χ1n) is 6.11. The fourth-order valence-corrected chi connectivity index (χ4v) is 2.23. The van der Waals surface area contributed by atoms with Crippen LogP contribution in [0.25, 0.3) is 6.08 Å². The average molecular weight is 308 g/mol. The highest BCUT2D eigenvalue weighted by Crippen LogP contribution is 2.34. The summed E-state index contributed by atoms with van der Waals surface area (Å²) >= 11 is 0. The number of rotatable bonds is 4. The van der Waals surface area contributed by atoms with Gasteiger partial charge in [-0.15, -0.1) is 0 Å². The summed E-state index contributed by atoms with van der Waals surface area (Å²) in [4.78, 5) is 33.6. The molecule has 0 aliphatic rings. The van der Waals surface area contributed by atoms with Crippen molar-refractivity contribution in [2.45, 2.75) is 20.8 Å². The second-order valence-corrected chi connectivity index (χ2v) is 5.23. The zero-order valence-electron chi connectivity index (χ0n) is 12.3. The second kappa shape index (κ2) is 6.85. The van der Waals surface area contributed by atoms with Gasteiger partial charge in [-0.25, -0.2) is 0 Å². The summed E-state index contributed by atoms with van der Waals surface area (Å²) in [6, 6.07) is 1.52. The highest BCUT2D eigenvalue weighted by molar-refractivity contribution is 6.37. The average Bonchev–Trinajstić information content (AvgIpc) is 2.35. The first-order valence-corrected chi connectivity index (χ1v) is 7.11. The molecule has 1 aromatic rings. The third kappa shape index (κ3) is 4.28. The quantitative estimate of drug-likeness (QED) is 0.446. The molecule has 0 spiro atoms. The van der Waals surface area contributed by atoms with E-state index in [1.807, 2.05) is 0 Å². The van der Waals surface area contributed by atoms with Crippen LogP contribution in [-0.2, 0) is 14.4 Å². The molecule has 112 valence electrons. The summed E-state index contributed by atoms with van der Waals surface area (Å²) < 4.78 is 15.3. The van der Waals surface area contributed by atoms with Gasteiger partial charge in [0.1, 0.15) is 5.75 Å². The molecular formula is C14H16O6Si. The van der Waals surface area contributed by atoms with E-state index in [0.717, 1.165) is 0 Å². The first-order chi connectivity index (χ1) is 9.76. The Morgan fingerprint density at radius 3 is 1.90 bits per heavy atom. The molecule has 0 N–H and O–H groups in total. The molecule has 0 saturated heterocycles. The lowest BCUT2D eigenvalue weighted by Crippen LogP contribution is -2.20. The van der Waals surface area contributed by atoms with Gasteiger partial charge in [-0.2, -0.15) is 0 Å². The summed E-state index contributed by atoms with van der Waals surface area (Å²) in [7, 11) is 0.407. The molecule has 6 nitrogen and oxygen atoms in total. The van der Waals surface area contributed by atoms with Crippen molar-refractivity contribution in [1.29, 1.82) is 0 Å². The van der Waals surface area contributed by atoms with E-state index in [1.54, 1.807) is 0 Å². The van der Waals surface area contributed by atoms with Gasteiger partial charge < -0.3 is 14.2 Å². The molecule has 0 fully saturated rings. The van der Waals surface area contributed by atoms with Gasteiger partial charge in [0.2, 0.25) is 0 Å². The Balaban J connectivity index is 3.56. The van der Waals surface area contributed by atoms with E-state index < -0.39 is 17.9 Å². The maximum Gasteiger partial charge on any atom is 0.308 e. The van der Waals surface area contributed by atoms with Gasteiger partial charge in [-0.05, 0) is 6.07 Å². The van der Waals surface area contributed by atoms with Crippen LogP contribution in [0.5, 0.6) is 17.2 Å². The van der Waals surface area contributed by atoms with Crippen molar-refractivity contribution >= 4 is 39.4 Å². The molecule has 0 amide bonds. The van der Waals surface area contributed by atoms with Crippen LogP contribution in [0.3, 0.4) is 0 Å². The van der Waals surface area contributed by atoms with E-state index in [-0.39, 0.29) is 17.2 Å². The lowest BCUT2D eigenvalue weighted by molar-refractivity contribution is -0.134. The van der Waals surface area contributed by atoms with Crippen LogP contribution < -0.4 is 19.4 Å². The van der Waals surface area contributed by atoms with Crippen LogP contribution in [0.1, 0.15) is 26.3 Å². The van der Waals surface area contributed by atoms with Gasteiger partial charge in [-0.1, -0.05) is 12.7 Å². The minimum atomic E-state index is -0.574. The fraction of sp³-hybridized carbons (Fsp3) is 0.214. The minimum Gasteiger partial charge on any atom is -0.427 e. The van der Waals surface area contributed by atoms with Gasteiger partial charge in [0.25, 0.3) is 0 Å². The van der Waals surface area contributed by atoms with Crippen molar-refractivity contribution < 1.29 is 28.6 Å². The van der Waals surface area contributed by atoms with E-state index in [4.69, 9.17) is 14.2 Å². The minimum absolute atomic E-state index is 0.0815. The largest absolute Gasteiger partial charge is 0.427 e. The van der Waals surface area contributed by atoms with Crippen LogP contribution in [0, 0.1) is 0 Å². The zero-order chi connectivity index (χ0) is 16.2. The van der Waals surface area contributed by atoms with Crippen molar-refractivity contribution in [2.24, 2.45) is 0 Å². The molecule has 0 aliphatic carbocycles. The molecule has 0 aliphatic heterocycles. The Kier molecular flexibility index (Phi) is 5.42. The Morgan fingerprint density at radius 1 is 1.00 bits per heavy atom. The number of ether oxygens (including phenoxy) is 3. The topological polar surface area (TPSA) is 78.9 Å². The number of esters is 3. The Hall–Kier alpha value is -2.41. The van der Waals surface area contributed by atoms with E-state index >= 15 is 0 Å². The first kappa shape index (κ1) is 16.6. The molecule has 0 atom stereocenters. The monoisotopic (exact) mass is 308 g/mol. The van der Waals surface area contributed by atoms with E-state index in [9.17, 15) is 14.4 Å². The van der Waals surface area contributed by atoms with Gasteiger partial charge in [-0.3, -0.25) is 14.4 Å². The van der Waals surface area contributed by atoms with Crippen molar-refractivity contribution in [1.82, 2.24) is 0 Å². The lowest BCUT2D eigenvalue weighted by atomic mass is 10.1. The molecule has 0 bridgehead atoms. The zero-order valence-corrected chi connectivity index (χ0v) is 14.3. The molecule has 0 aromatic heterocycles. The standard InChI is InChI=1S/C14H16O6Si/c1-5-10-6-11(18-7(2)15)14(21)13(20-9(4)17)12(10)19-8(3)16/h5-6H,1H2,2-4,21H3. The molecule has 0 heterocycles. The summed E-state index contributed by atoms with van der Waals surface area (Å²) in [6.45, 7) is 7.33. The summed E-state index contributed by atoms with van der Waals surface area (Å²) in [6.07, 6.45) is 1.42. The van der Waals surface area contributed by atoms with Crippen molar-refractivity contribution in [3.05, 3.63) is 18.2 Å². The number of benzene rings is 1. The lowest BCUT2D eigenvalue weighted by Gasteiger charge is -2.17. The summed E-state index contributed by atoms with van der Waals surface area (Å²) in [5.74, 6) is -1.21. The molecular weight excluding hydrogens is 292 g/mol. The fourth-order valence-electron chi connectivity index (χ4n) is 1.66. The molecule has 0 radical (unpaired) electrons. The highest BCUT2D eigenvalue weighted by atomic mass is 28.1. The Morgan fingerprint density at radius 2 is 1.48 bits per heavy atom. The number of carbonyl (C=O) groups excluding carboxylic acids is 3. The number of hydrogen-bond acceptors (Lipinski definition) is 6. The van der Waals surface area contributed by atoms with E-state index in [1.165, 1.54) is 32.9 Å². The van der Waals surface area contributed by atoms with E-state index in [0.29, 0.717) is 21.0 Å². The van der Waals surface area contributed by atoms with Crippen LogP contribution in [0.4, 0.5) is 0 Å². The van der Waals surface area contributed by atoms with Crippen molar-refractivity contribution in [2.75, 3.05) is 0 Å². The van der Waals surface area contributed by atoms with Gasteiger partial charge in [0, 0.05) is 41.8 Å². The number of hydrogen-bond donors (Lipinski definition) is 0. The second-order valence-electron chi connectivity index (χ2n) is 4.23. The van der Waals surface area contributed by atoms with Gasteiger partial charge in [0.05, 0.1) is 0 Å². The molecule has 7 heteroatoms. The van der Waals surface area contributed by atoms with Gasteiger partial charge >= 0.3 is 17.9 Å². The van der Waals surface area contributed by atoms with Crippen LogP contribution in [-0.4, -0.2) is 28.2 Å². The van der Waals surface area contributed by atoms with Crippen molar-refractivity contribution in [3.8, 4) is 17.2 Å². The predicted octanol–water partition coefficient (Wildman–Crippen LogP) is 0.0962. The smallest absolute Gasteiger partial charge is 0.308 e.